The Morgan fingerprint density at radius 1 is 1.14 bits per heavy atom. The number of carbonyl (C=O) groups is 2. The van der Waals surface area contributed by atoms with Crippen molar-refractivity contribution in [3.05, 3.63) is 12.2 Å². The first kappa shape index (κ1) is 21.7. The zero-order valence-electron chi connectivity index (χ0n) is 12.3. The summed E-state index contributed by atoms with van der Waals surface area (Å²) in [6, 6.07) is 0. The molecule has 0 spiro atoms. The normalized spacial score (nSPS) is 12.8. The second-order valence-corrected chi connectivity index (χ2v) is 4.44. The van der Waals surface area contributed by atoms with Gasteiger partial charge in [0.15, 0.2) is 0 Å². The second-order valence-electron chi connectivity index (χ2n) is 4.44. The molecule has 0 saturated heterocycles. The van der Waals surface area contributed by atoms with Gasteiger partial charge in [-0.3, -0.25) is 14.5 Å². The van der Waals surface area contributed by atoms with E-state index in [1.54, 1.807) is 25.9 Å². The monoisotopic (exact) mass is 317 g/mol. The van der Waals surface area contributed by atoms with Crippen molar-refractivity contribution in [2.45, 2.75) is 32.2 Å². The fourth-order valence-electron chi connectivity index (χ4n) is 1.15. The van der Waals surface area contributed by atoms with Gasteiger partial charge in [0, 0.05) is 6.92 Å². The number of halogens is 4. The fraction of sp³-hybridized carbons (Fsp3) is 0.667. The molecular formula is C12H19F4NO4. The molecule has 0 bridgehead atoms. The van der Waals surface area contributed by atoms with Gasteiger partial charge in [0.25, 0.3) is 0 Å². The molecule has 0 heterocycles. The summed E-state index contributed by atoms with van der Waals surface area (Å²) in [5.74, 6) is -1.20. The average molecular weight is 317 g/mol. The average Bonchev–Trinajstić information content (AvgIpc) is 2.34. The van der Waals surface area contributed by atoms with Crippen molar-refractivity contribution < 1.29 is 37.0 Å². The highest BCUT2D eigenvalue weighted by Crippen LogP contribution is 2.18. The third kappa shape index (κ3) is 9.83. The fourth-order valence-corrected chi connectivity index (χ4v) is 1.15. The molecule has 0 radical (unpaired) electrons. The lowest BCUT2D eigenvalue weighted by Crippen LogP contribution is -2.48. The summed E-state index contributed by atoms with van der Waals surface area (Å²) < 4.78 is 45.9. The van der Waals surface area contributed by atoms with E-state index in [-0.39, 0.29) is 12.6 Å². The van der Waals surface area contributed by atoms with E-state index in [1.165, 1.54) is 6.92 Å². The van der Waals surface area contributed by atoms with Gasteiger partial charge < -0.3 is 9.84 Å². The molecule has 0 aliphatic heterocycles. The molecule has 9 heteroatoms. The smallest absolute Gasteiger partial charge is 0.334 e. The molecule has 0 aromatic heterocycles. The largest absolute Gasteiger partial charge is 0.480 e. The van der Waals surface area contributed by atoms with E-state index in [1.807, 2.05) is 0 Å². The van der Waals surface area contributed by atoms with Gasteiger partial charge >= 0.3 is 24.1 Å². The molecule has 1 unspecified atom stereocenters. The number of carboxylic acid groups (broad SMARTS) is 1. The Bertz CT molecular complexity index is 369. The van der Waals surface area contributed by atoms with E-state index in [0.717, 1.165) is 0 Å². The highest BCUT2D eigenvalue weighted by atomic mass is 19.3. The van der Waals surface area contributed by atoms with Crippen molar-refractivity contribution >= 4 is 11.9 Å². The molecule has 0 saturated carbocycles. The van der Waals surface area contributed by atoms with Gasteiger partial charge in [-0.2, -0.15) is 17.6 Å². The molecule has 0 amide bonds. The van der Waals surface area contributed by atoms with Gasteiger partial charge in [0.2, 0.25) is 0 Å². The maximum absolute atomic E-state index is 11.0. The van der Waals surface area contributed by atoms with Gasteiger partial charge in [-0.25, -0.2) is 0 Å². The number of nitrogens with zero attached hydrogens (tertiary/aromatic N) is 1. The molecule has 1 N–H and O–H groups in total. The van der Waals surface area contributed by atoms with Crippen LogP contribution in [0.5, 0.6) is 0 Å². The van der Waals surface area contributed by atoms with E-state index >= 15 is 0 Å². The van der Waals surface area contributed by atoms with Crippen molar-refractivity contribution in [2.24, 2.45) is 0 Å². The van der Waals surface area contributed by atoms with Gasteiger partial charge in [0.1, 0.15) is 5.54 Å². The number of rotatable bonds is 6. The number of likely N-dealkylation sites (N-methyl/N-ethyl adjacent to an activating group) is 1. The lowest BCUT2D eigenvalue weighted by molar-refractivity contribution is -0.149. The van der Waals surface area contributed by atoms with Crippen molar-refractivity contribution in [3.63, 3.8) is 0 Å². The summed E-state index contributed by atoms with van der Waals surface area (Å²) in [5, 5.41) is 9.06. The summed E-state index contributed by atoms with van der Waals surface area (Å²) in [6.07, 6.45) is -4.83. The van der Waals surface area contributed by atoms with E-state index in [2.05, 4.69) is 0 Å². The molecule has 0 aromatic rings. The van der Waals surface area contributed by atoms with Crippen molar-refractivity contribution in [3.8, 4) is 0 Å². The number of esters is 1. The van der Waals surface area contributed by atoms with E-state index in [4.69, 9.17) is 9.84 Å². The van der Waals surface area contributed by atoms with Crippen LogP contribution in [0.3, 0.4) is 0 Å². The Morgan fingerprint density at radius 3 is 1.81 bits per heavy atom. The Balaban J connectivity index is 0. The van der Waals surface area contributed by atoms with Crippen LogP contribution in [0.25, 0.3) is 0 Å². The van der Waals surface area contributed by atoms with Gasteiger partial charge in [-0.05, 0) is 33.9 Å². The van der Waals surface area contributed by atoms with E-state index in [0.29, 0.717) is 12.8 Å². The zero-order chi connectivity index (χ0) is 17.2. The predicted octanol–water partition coefficient (Wildman–Crippen LogP) is 2.73. The van der Waals surface area contributed by atoms with Crippen LogP contribution in [0.1, 0.15) is 26.7 Å². The first-order valence-electron chi connectivity index (χ1n) is 5.85. The lowest BCUT2D eigenvalue weighted by atomic mass is 9.95. The van der Waals surface area contributed by atoms with E-state index < -0.39 is 23.7 Å². The van der Waals surface area contributed by atoms with Crippen LogP contribution < -0.4 is 0 Å². The molecule has 124 valence electrons. The highest BCUT2D eigenvalue weighted by Gasteiger charge is 2.34. The maximum atomic E-state index is 11.0. The number of aliphatic carboxylic acids is 1. The molecule has 0 rings (SSSR count). The molecule has 21 heavy (non-hydrogen) atoms. The number of carbonyl (C=O) groups excluding carboxylic acids is 1. The zero-order valence-corrected chi connectivity index (χ0v) is 12.3. The second kappa shape index (κ2) is 10.1. The Kier molecular flexibility index (Phi) is 10.5. The van der Waals surface area contributed by atoms with E-state index in [9.17, 15) is 27.2 Å². The summed E-state index contributed by atoms with van der Waals surface area (Å²) >= 11 is 0. The summed E-state index contributed by atoms with van der Waals surface area (Å²) in [6.45, 7) is 3.26. The first-order chi connectivity index (χ1) is 9.45. The Morgan fingerprint density at radius 2 is 1.57 bits per heavy atom. The standard InChI is InChI=1S/C10H19NO4.C2F4/c1-8(12)15-7-5-6-10(2,9(13)14)11(3)4;3-1(4)2(5)6/h5-7H2,1-4H3,(H,13,14);. The summed E-state index contributed by atoms with van der Waals surface area (Å²) in [5.41, 5.74) is -0.903. The quantitative estimate of drug-likeness (QED) is 0.463. The number of hydrogen-bond donors (Lipinski definition) is 1. The van der Waals surface area contributed by atoms with Crippen molar-refractivity contribution in [2.75, 3.05) is 20.7 Å². The Hall–Kier alpha value is -1.64. The van der Waals surface area contributed by atoms with Crippen LogP contribution in [-0.4, -0.2) is 48.2 Å². The minimum absolute atomic E-state index is 0.270. The van der Waals surface area contributed by atoms with Crippen LogP contribution in [0, 0.1) is 0 Å². The number of hydrogen-bond acceptors (Lipinski definition) is 4. The van der Waals surface area contributed by atoms with Crippen LogP contribution in [-0.2, 0) is 14.3 Å². The van der Waals surface area contributed by atoms with Crippen molar-refractivity contribution in [1.82, 2.24) is 4.90 Å². The molecule has 1 atom stereocenters. The predicted molar refractivity (Wildman–Crippen MR) is 67.1 cm³/mol. The third-order valence-electron chi connectivity index (χ3n) is 2.70. The molecular weight excluding hydrogens is 298 g/mol. The SMILES string of the molecule is CC(=O)OCCCC(C)(C(=O)O)N(C)C.FC(F)=C(F)F. The number of ether oxygens (including phenoxy) is 1. The molecule has 0 aromatic carbocycles. The summed E-state index contributed by atoms with van der Waals surface area (Å²) in [7, 11) is 3.44. The molecule has 0 aliphatic carbocycles. The Labute approximate surface area is 120 Å². The highest BCUT2D eigenvalue weighted by molar-refractivity contribution is 5.78. The van der Waals surface area contributed by atoms with Crippen LogP contribution >= 0.6 is 0 Å². The van der Waals surface area contributed by atoms with Gasteiger partial charge in [-0.15, -0.1) is 0 Å². The minimum Gasteiger partial charge on any atom is -0.480 e. The van der Waals surface area contributed by atoms with Crippen LogP contribution in [0.4, 0.5) is 17.6 Å². The topological polar surface area (TPSA) is 66.8 Å². The molecule has 5 nitrogen and oxygen atoms in total. The lowest BCUT2D eigenvalue weighted by Gasteiger charge is -2.31. The van der Waals surface area contributed by atoms with Crippen LogP contribution in [0.2, 0.25) is 0 Å². The molecule has 0 aliphatic rings. The van der Waals surface area contributed by atoms with Crippen molar-refractivity contribution in [1.29, 1.82) is 0 Å². The van der Waals surface area contributed by atoms with Gasteiger partial charge in [0.05, 0.1) is 6.61 Å². The summed E-state index contributed by atoms with van der Waals surface area (Å²) in [4.78, 5) is 23.2. The first-order valence-corrected chi connectivity index (χ1v) is 5.85. The van der Waals surface area contributed by atoms with Gasteiger partial charge in [-0.1, -0.05) is 0 Å². The number of carboxylic acids is 1. The third-order valence-corrected chi connectivity index (χ3v) is 2.70. The molecule has 0 fully saturated rings. The van der Waals surface area contributed by atoms with Crippen LogP contribution in [0.15, 0.2) is 12.2 Å². The maximum Gasteiger partial charge on any atom is 0.334 e. The minimum atomic E-state index is -2.91.